The van der Waals surface area contributed by atoms with Crippen molar-refractivity contribution in [2.24, 2.45) is 44.8 Å². The summed E-state index contributed by atoms with van der Waals surface area (Å²) in [7, 11) is 0. The molecule has 374 valence electrons. The number of nitrogens with two attached hydrogens (primary N) is 4. The number of carbonyl (C=O) groups excluding carboxylic acids is 6. The van der Waals surface area contributed by atoms with E-state index in [1.165, 1.54) is 17.0 Å². The predicted octanol–water partition coefficient (Wildman–Crippen LogP) is 0.639. The maximum Gasteiger partial charge on any atom is 0.326 e. The summed E-state index contributed by atoms with van der Waals surface area (Å²) in [5.74, 6) is -5.89. The molecule has 1 aliphatic rings. The number of phenols is 1. The predicted molar refractivity (Wildman–Crippen MR) is 260 cm³/mol. The molecule has 1 heterocycles. The van der Waals surface area contributed by atoms with Gasteiger partial charge in [0.1, 0.15) is 42.0 Å². The van der Waals surface area contributed by atoms with Crippen LogP contribution in [0.5, 0.6) is 5.75 Å². The highest BCUT2D eigenvalue weighted by Crippen LogP contribution is 2.22. The van der Waals surface area contributed by atoms with Crippen molar-refractivity contribution in [3.05, 3.63) is 64.1 Å². The number of halogens is 1. The molecule has 0 bridgehead atoms. The summed E-state index contributed by atoms with van der Waals surface area (Å²) in [5, 5.41) is 33.5. The van der Waals surface area contributed by atoms with Gasteiger partial charge in [-0.3, -0.25) is 38.8 Å². The van der Waals surface area contributed by atoms with E-state index in [0.29, 0.717) is 34.9 Å². The molecule has 3 rings (SSSR count). The summed E-state index contributed by atoms with van der Waals surface area (Å²) in [5.41, 5.74) is 23.3. The highest BCUT2D eigenvalue weighted by atomic mass is 79.9. The lowest BCUT2D eigenvalue weighted by Gasteiger charge is -2.31. The van der Waals surface area contributed by atoms with Crippen LogP contribution < -0.4 is 49.5 Å². The average Bonchev–Trinajstić information content (AvgIpc) is 3.78. The fraction of sp³-hybridized carbons (Fsp3) is 0.543. The van der Waals surface area contributed by atoms with E-state index < -0.39 is 83.6 Å². The van der Waals surface area contributed by atoms with Gasteiger partial charge >= 0.3 is 5.97 Å². The lowest BCUT2D eigenvalue weighted by atomic mass is 9.96. The van der Waals surface area contributed by atoms with Gasteiger partial charge in [0.25, 0.3) is 0 Å². The van der Waals surface area contributed by atoms with Crippen LogP contribution in [-0.2, 0) is 46.4 Å². The lowest BCUT2D eigenvalue weighted by molar-refractivity contribution is -0.143. The molecule has 0 unspecified atom stereocenters. The topological polar surface area (TPSA) is 352 Å². The van der Waals surface area contributed by atoms with Crippen LogP contribution in [0.2, 0.25) is 0 Å². The van der Waals surface area contributed by atoms with Crippen LogP contribution in [0, 0.1) is 11.8 Å². The van der Waals surface area contributed by atoms with Gasteiger partial charge < -0.3 is 64.6 Å². The van der Waals surface area contributed by atoms with Gasteiger partial charge in [-0.1, -0.05) is 80.4 Å². The van der Waals surface area contributed by atoms with E-state index in [4.69, 9.17) is 22.9 Å². The second-order valence-corrected chi connectivity index (χ2v) is 18.2. The first-order valence-corrected chi connectivity index (χ1v) is 23.7. The second kappa shape index (κ2) is 28.0. The third-order valence-corrected chi connectivity index (χ3v) is 12.2. The van der Waals surface area contributed by atoms with E-state index >= 15 is 0 Å². The number of aliphatic imine (C=N–C) groups is 2. The lowest BCUT2D eigenvalue weighted by Crippen LogP contribution is -2.60. The molecule has 0 spiro atoms. The van der Waals surface area contributed by atoms with Crippen LogP contribution in [0.1, 0.15) is 90.2 Å². The minimum Gasteiger partial charge on any atom is -0.508 e. The number of nitrogens with zero attached hydrogens (tertiary/aromatic N) is 3. The molecule has 1 saturated heterocycles. The Morgan fingerprint density at radius 3 is 1.93 bits per heavy atom. The SMILES string of the molecule is CC[C@H](C)[C@@H](NC(=O)[C@H](Cc1ccc(O)cc1)NC(=O)[C@@H]1CCCN1C(=O)[C@H](CCCN=C(N)N)NC(=O)[C@H](CCCN=C(N)N)NC(=O)Cc1ccccc1Br)C(=O)N[C@H](CC(C)C)C(=O)O. The summed E-state index contributed by atoms with van der Waals surface area (Å²) < 4.78 is 0.706. The molecule has 0 aliphatic carbocycles. The summed E-state index contributed by atoms with van der Waals surface area (Å²) >= 11 is 3.44. The zero-order valence-electron chi connectivity index (χ0n) is 39.2. The maximum atomic E-state index is 14.6. The standard InChI is InChI=1S/C46H69BrN12O9/c1-5-27(4)38(42(65)57-35(44(67)68)23-26(2)3)58-40(63)34(24-28-16-18-30(60)19-17-28)56-41(64)36-15-10-22-59(36)43(66)33(14-9-21-53-46(50)51)55-39(62)32(13-8-20-52-45(48)49)54-37(61)25-29-11-6-7-12-31(29)47/h6-7,11-12,16-19,26-27,32-36,38,60H,5,8-10,13-15,20-25H2,1-4H3,(H,54,61)(H,55,62)(H,56,64)(H,57,65)(H,58,63)(H,67,68)(H4,48,49,52)(H4,50,51,53)/t27-,32-,33-,34-,35+,36-,38+/m0/s1. The fourth-order valence-electron chi connectivity index (χ4n) is 7.62. The number of phenolic OH excluding ortho intramolecular Hbond substituents is 1. The molecule has 15 N–H and O–H groups in total. The smallest absolute Gasteiger partial charge is 0.326 e. The number of hydrogen-bond acceptors (Lipinski definition) is 10. The number of guanidine groups is 2. The van der Waals surface area contributed by atoms with Gasteiger partial charge in [-0.25, -0.2) is 4.79 Å². The first-order chi connectivity index (χ1) is 32.2. The largest absolute Gasteiger partial charge is 0.508 e. The minimum atomic E-state index is -1.30. The van der Waals surface area contributed by atoms with Gasteiger partial charge in [0, 0.05) is 30.5 Å². The Labute approximate surface area is 405 Å². The van der Waals surface area contributed by atoms with Crippen molar-refractivity contribution < 1.29 is 43.8 Å². The normalized spacial score (nSPS) is 15.9. The Morgan fingerprint density at radius 2 is 1.35 bits per heavy atom. The number of rotatable bonds is 27. The van der Waals surface area contributed by atoms with Gasteiger partial charge in [-0.15, -0.1) is 0 Å². The highest BCUT2D eigenvalue weighted by Gasteiger charge is 2.40. The number of carboxylic acid groups (broad SMARTS) is 1. The number of nitrogens with one attached hydrogen (secondary N) is 5. The Balaban J connectivity index is 1.92. The Kier molecular flexibility index (Phi) is 23.0. The second-order valence-electron chi connectivity index (χ2n) is 17.4. The van der Waals surface area contributed by atoms with Crippen LogP contribution in [0.4, 0.5) is 0 Å². The molecule has 7 atom stereocenters. The molecule has 1 aliphatic heterocycles. The van der Waals surface area contributed by atoms with Crippen molar-refractivity contribution in [2.45, 2.75) is 128 Å². The molecule has 2 aromatic rings. The van der Waals surface area contributed by atoms with Crippen LogP contribution in [0.3, 0.4) is 0 Å². The summed E-state index contributed by atoms with van der Waals surface area (Å²) in [4.78, 5) is 106. The molecule has 1 fully saturated rings. The Bertz CT molecular complexity index is 2100. The quantitative estimate of drug-likeness (QED) is 0.0333. The van der Waals surface area contributed by atoms with Crippen molar-refractivity contribution in [1.82, 2.24) is 31.5 Å². The zero-order valence-corrected chi connectivity index (χ0v) is 40.8. The van der Waals surface area contributed by atoms with E-state index in [1.54, 1.807) is 43.3 Å². The van der Waals surface area contributed by atoms with Crippen molar-refractivity contribution in [1.29, 1.82) is 0 Å². The number of aromatic hydroxyl groups is 1. The number of amides is 6. The number of carboxylic acids is 1. The third kappa shape index (κ3) is 18.7. The fourth-order valence-corrected chi connectivity index (χ4v) is 8.05. The Hall–Kier alpha value is -6.45. The summed E-state index contributed by atoms with van der Waals surface area (Å²) in [6.45, 7) is 7.61. The highest BCUT2D eigenvalue weighted by molar-refractivity contribution is 9.10. The number of aliphatic carboxylic acids is 1. The first kappa shape index (κ1) is 55.9. The van der Waals surface area contributed by atoms with Crippen molar-refractivity contribution in [2.75, 3.05) is 19.6 Å². The van der Waals surface area contributed by atoms with Crippen molar-refractivity contribution in [3.63, 3.8) is 0 Å². The number of carbonyl (C=O) groups is 7. The van der Waals surface area contributed by atoms with Crippen LogP contribution in [0.15, 0.2) is 63.0 Å². The van der Waals surface area contributed by atoms with E-state index in [9.17, 15) is 43.8 Å². The van der Waals surface area contributed by atoms with Gasteiger partial charge in [0.2, 0.25) is 35.4 Å². The molecule has 0 saturated carbocycles. The summed E-state index contributed by atoms with van der Waals surface area (Å²) in [6, 6.07) is 6.04. The molecule has 68 heavy (non-hydrogen) atoms. The summed E-state index contributed by atoms with van der Waals surface area (Å²) in [6.07, 6.45) is 1.77. The van der Waals surface area contributed by atoms with Crippen LogP contribution >= 0.6 is 15.9 Å². The van der Waals surface area contributed by atoms with Gasteiger partial charge in [-0.2, -0.15) is 0 Å². The molecular formula is C46H69BrN12O9. The van der Waals surface area contributed by atoms with E-state index in [0.717, 1.165) is 0 Å². The molecule has 2 aromatic carbocycles. The molecule has 0 aromatic heterocycles. The minimum absolute atomic E-state index is 0.0261. The molecule has 6 amide bonds. The molecule has 22 heteroatoms. The molecule has 0 radical (unpaired) electrons. The van der Waals surface area contributed by atoms with E-state index in [2.05, 4.69) is 52.5 Å². The average molecular weight is 1010 g/mol. The van der Waals surface area contributed by atoms with Crippen molar-refractivity contribution in [3.8, 4) is 5.75 Å². The number of likely N-dealkylation sites (tertiary alicyclic amines) is 1. The molecular weight excluding hydrogens is 944 g/mol. The van der Waals surface area contributed by atoms with Gasteiger partial charge in [0.05, 0.1) is 6.42 Å². The number of benzene rings is 2. The van der Waals surface area contributed by atoms with Gasteiger partial charge in [0.15, 0.2) is 11.9 Å². The monoisotopic (exact) mass is 1010 g/mol. The van der Waals surface area contributed by atoms with Crippen LogP contribution in [-0.4, -0.2) is 124 Å². The molecule has 21 nitrogen and oxygen atoms in total. The zero-order chi connectivity index (χ0) is 50.5. The van der Waals surface area contributed by atoms with E-state index in [-0.39, 0.29) is 88.2 Å². The third-order valence-electron chi connectivity index (χ3n) is 11.4. The first-order valence-electron chi connectivity index (χ1n) is 22.9. The van der Waals surface area contributed by atoms with Crippen LogP contribution in [0.25, 0.3) is 0 Å². The van der Waals surface area contributed by atoms with Crippen molar-refractivity contribution >= 4 is 69.3 Å². The van der Waals surface area contributed by atoms with Gasteiger partial charge in [-0.05, 0) is 86.1 Å². The van der Waals surface area contributed by atoms with E-state index in [1.807, 2.05) is 20.8 Å². The Morgan fingerprint density at radius 1 is 0.765 bits per heavy atom. The maximum absolute atomic E-state index is 14.6. The number of hydrogen-bond donors (Lipinski definition) is 11.